The molecule has 0 bridgehead atoms. The Morgan fingerprint density at radius 2 is 1.50 bits per heavy atom. The molecule has 2 heterocycles. The lowest BCUT2D eigenvalue weighted by Crippen LogP contribution is -2.49. The predicted octanol–water partition coefficient (Wildman–Crippen LogP) is 5.45. The maximum Gasteiger partial charge on any atom is 0.335 e. The zero-order valence-electron chi connectivity index (χ0n) is 20.6. The molecule has 0 fully saturated rings. The number of carboxylic acid groups (broad SMARTS) is 1. The van der Waals surface area contributed by atoms with Gasteiger partial charge in [-0.1, -0.05) is 84.9 Å². The van der Waals surface area contributed by atoms with Gasteiger partial charge in [0.05, 0.1) is 17.6 Å². The van der Waals surface area contributed by atoms with Crippen LogP contribution in [0, 0.1) is 0 Å². The van der Waals surface area contributed by atoms with Gasteiger partial charge in [-0.05, 0) is 52.4 Å². The van der Waals surface area contributed by atoms with Crippen molar-refractivity contribution in [3.05, 3.63) is 131 Å². The molecule has 0 spiro atoms. The standard InChI is InChI=1S/C32H27N3O3/c36-31(33-19-20-10-12-24(13-11-20)32(37)38)28-18-26-25-8-4-5-9-27(25)34-30(26)29(35-28)23-16-14-22(15-17-23)21-6-2-1-3-7-21/h1-17,28-29,34-35H,18-19H2,(H,33,36)(H,37,38)/t28-,29+/m1/s1. The minimum atomic E-state index is -0.968. The first-order valence-electron chi connectivity index (χ1n) is 12.7. The van der Waals surface area contributed by atoms with Crippen LogP contribution in [0.5, 0.6) is 0 Å². The molecular weight excluding hydrogens is 474 g/mol. The van der Waals surface area contributed by atoms with Gasteiger partial charge in [0.2, 0.25) is 5.91 Å². The minimum Gasteiger partial charge on any atom is -0.478 e. The Labute approximate surface area is 220 Å². The van der Waals surface area contributed by atoms with Crippen LogP contribution in [0.4, 0.5) is 0 Å². The number of hydrogen-bond donors (Lipinski definition) is 4. The molecule has 0 saturated carbocycles. The highest BCUT2D eigenvalue weighted by atomic mass is 16.4. The van der Waals surface area contributed by atoms with Gasteiger partial charge in [-0.25, -0.2) is 4.79 Å². The van der Waals surface area contributed by atoms with E-state index in [1.54, 1.807) is 24.3 Å². The molecule has 4 N–H and O–H groups in total. The molecule has 1 amide bonds. The molecule has 1 aliphatic rings. The van der Waals surface area contributed by atoms with E-state index in [9.17, 15) is 9.59 Å². The summed E-state index contributed by atoms with van der Waals surface area (Å²) in [4.78, 5) is 28.1. The zero-order valence-corrected chi connectivity index (χ0v) is 20.6. The van der Waals surface area contributed by atoms with Crippen LogP contribution in [-0.4, -0.2) is 28.0 Å². The number of para-hydroxylation sites is 1. The lowest BCUT2D eigenvalue weighted by Gasteiger charge is -2.31. The molecular formula is C32H27N3O3. The molecule has 2 atom stereocenters. The van der Waals surface area contributed by atoms with Gasteiger partial charge in [0.15, 0.2) is 0 Å². The first kappa shape index (κ1) is 23.7. The van der Waals surface area contributed by atoms with Crippen molar-refractivity contribution in [2.75, 3.05) is 0 Å². The van der Waals surface area contributed by atoms with Gasteiger partial charge in [-0.2, -0.15) is 0 Å². The lowest BCUT2D eigenvalue weighted by atomic mass is 9.89. The molecule has 0 saturated heterocycles. The highest BCUT2D eigenvalue weighted by Gasteiger charge is 2.33. The van der Waals surface area contributed by atoms with E-state index in [0.29, 0.717) is 13.0 Å². The quantitative estimate of drug-likeness (QED) is 0.249. The van der Waals surface area contributed by atoms with Gasteiger partial charge >= 0.3 is 5.97 Å². The molecule has 0 radical (unpaired) electrons. The molecule has 188 valence electrons. The van der Waals surface area contributed by atoms with Gasteiger partial charge in [-0.15, -0.1) is 0 Å². The Hall–Kier alpha value is -4.68. The van der Waals surface area contributed by atoms with Crippen LogP contribution in [0.25, 0.3) is 22.0 Å². The van der Waals surface area contributed by atoms with Crippen molar-refractivity contribution < 1.29 is 14.7 Å². The second-order valence-corrected chi connectivity index (χ2v) is 9.63. The SMILES string of the molecule is O=C(O)c1ccc(CNC(=O)[C@H]2Cc3c([nH]c4ccccc34)[C@H](c3ccc(-c4ccccc4)cc3)N2)cc1. The van der Waals surface area contributed by atoms with Crippen molar-refractivity contribution >= 4 is 22.8 Å². The van der Waals surface area contributed by atoms with Crippen LogP contribution in [-0.2, 0) is 17.8 Å². The highest BCUT2D eigenvalue weighted by molar-refractivity contribution is 5.89. The lowest BCUT2D eigenvalue weighted by molar-refractivity contribution is -0.123. The summed E-state index contributed by atoms with van der Waals surface area (Å²) >= 11 is 0. The first-order chi connectivity index (χ1) is 18.6. The molecule has 6 heteroatoms. The van der Waals surface area contributed by atoms with E-state index in [0.717, 1.165) is 44.4 Å². The van der Waals surface area contributed by atoms with Crippen LogP contribution in [0.3, 0.4) is 0 Å². The van der Waals surface area contributed by atoms with E-state index in [-0.39, 0.29) is 17.5 Å². The summed E-state index contributed by atoms with van der Waals surface area (Å²) in [6, 6.07) is 33.0. The highest BCUT2D eigenvalue weighted by Crippen LogP contribution is 2.36. The first-order valence-corrected chi connectivity index (χ1v) is 12.7. The summed E-state index contributed by atoms with van der Waals surface area (Å²) in [6.45, 7) is 0.327. The Balaban J connectivity index is 1.27. The largest absolute Gasteiger partial charge is 0.478 e. The monoisotopic (exact) mass is 501 g/mol. The number of aromatic nitrogens is 1. The fourth-order valence-corrected chi connectivity index (χ4v) is 5.24. The van der Waals surface area contributed by atoms with Crippen LogP contribution in [0.1, 0.15) is 38.8 Å². The number of carbonyl (C=O) groups is 2. The number of carboxylic acids is 1. The van der Waals surface area contributed by atoms with E-state index in [4.69, 9.17) is 5.11 Å². The Morgan fingerprint density at radius 1 is 0.816 bits per heavy atom. The smallest absolute Gasteiger partial charge is 0.335 e. The van der Waals surface area contributed by atoms with Crippen LogP contribution < -0.4 is 10.6 Å². The van der Waals surface area contributed by atoms with Crippen molar-refractivity contribution in [1.82, 2.24) is 15.6 Å². The van der Waals surface area contributed by atoms with Gasteiger partial charge in [0.25, 0.3) is 0 Å². The Bertz CT molecular complexity index is 1610. The van der Waals surface area contributed by atoms with Gasteiger partial charge in [0, 0.05) is 23.1 Å². The molecule has 5 aromatic rings. The maximum absolute atomic E-state index is 13.4. The fourth-order valence-electron chi connectivity index (χ4n) is 5.24. The minimum absolute atomic E-state index is 0.0888. The number of carbonyl (C=O) groups excluding carboxylic acids is 1. The third kappa shape index (κ3) is 4.58. The van der Waals surface area contributed by atoms with E-state index >= 15 is 0 Å². The molecule has 1 aromatic heterocycles. The summed E-state index contributed by atoms with van der Waals surface area (Å²) in [6.07, 6.45) is 0.571. The summed E-state index contributed by atoms with van der Waals surface area (Å²) in [5.41, 5.74) is 7.77. The van der Waals surface area contributed by atoms with E-state index in [1.165, 1.54) is 0 Å². The average molecular weight is 502 g/mol. The van der Waals surface area contributed by atoms with Gasteiger partial charge in [0.1, 0.15) is 0 Å². The summed E-state index contributed by atoms with van der Waals surface area (Å²) in [7, 11) is 0. The number of H-pyrrole nitrogens is 1. The molecule has 6 nitrogen and oxygen atoms in total. The average Bonchev–Trinajstić information content (AvgIpc) is 3.35. The molecule has 1 aliphatic heterocycles. The fraction of sp³-hybridized carbons (Fsp3) is 0.125. The number of fused-ring (bicyclic) bond motifs is 3. The molecule has 38 heavy (non-hydrogen) atoms. The third-order valence-corrected chi connectivity index (χ3v) is 7.25. The number of aromatic amines is 1. The Morgan fingerprint density at radius 3 is 2.24 bits per heavy atom. The number of hydrogen-bond acceptors (Lipinski definition) is 3. The molecule has 4 aromatic carbocycles. The van der Waals surface area contributed by atoms with Crippen molar-refractivity contribution in [2.45, 2.75) is 25.0 Å². The topological polar surface area (TPSA) is 94.2 Å². The number of amides is 1. The predicted molar refractivity (Wildman–Crippen MR) is 148 cm³/mol. The molecule has 0 aliphatic carbocycles. The van der Waals surface area contributed by atoms with Crippen molar-refractivity contribution in [2.24, 2.45) is 0 Å². The van der Waals surface area contributed by atoms with Crippen molar-refractivity contribution in [3.8, 4) is 11.1 Å². The normalized spacial score (nSPS) is 16.6. The van der Waals surface area contributed by atoms with Gasteiger partial charge < -0.3 is 15.4 Å². The third-order valence-electron chi connectivity index (χ3n) is 7.25. The Kier molecular flexibility index (Phi) is 6.23. The summed E-state index contributed by atoms with van der Waals surface area (Å²) in [5, 5.41) is 16.9. The maximum atomic E-state index is 13.4. The second-order valence-electron chi connectivity index (χ2n) is 9.63. The van der Waals surface area contributed by atoms with Crippen LogP contribution in [0.15, 0.2) is 103 Å². The van der Waals surface area contributed by atoms with E-state index < -0.39 is 12.0 Å². The zero-order chi connectivity index (χ0) is 26.1. The van der Waals surface area contributed by atoms with E-state index in [1.807, 2.05) is 30.3 Å². The number of benzene rings is 4. The van der Waals surface area contributed by atoms with E-state index in [2.05, 4.69) is 64.1 Å². The van der Waals surface area contributed by atoms with Crippen LogP contribution >= 0.6 is 0 Å². The van der Waals surface area contributed by atoms with Crippen molar-refractivity contribution in [1.29, 1.82) is 0 Å². The van der Waals surface area contributed by atoms with Crippen molar-refractivity contribution in [3.63, 3.8) is 0 Å². The molecule has 0 unspecified atom stereocenters. The number of nitrogens with one attached hydrogen (secondary N) is 3. The van der Waals surface area contributed by atoms with Crippen LogP contribution in [0.2, 0.25) is 0 Å². The molecule has 6 rings (SSSR count). The second kappa shape index (κ2) is 10.00. The number of rotatable bonds is 6. The summed E-state index contributed by atoms with van der Waals surface area (Å²) < 4.78 is 0. The summed E-state index contributed by atoms with van der Waals surface area (Å²) in [5.74, 6) is -1.06. The van der Waals surface area contributed by atoms with Gasteiger partial charge in [-0.3, -0.25) is 10.1 Å². The number of aromatic carboxylic acids is 1.